The predicted octanol–water partition coefficient (Wildman–Crippen LogP) is 5.62. The smallest absolute Gasteiger partial charge is 0.229 e. The fraction of sp³-hybridized carbons (Fsp3) is 0.292. The molecule has 1 fully saturated rings. The number of carbonyl (C=O) groups is 1. The Balaban J connectivity index is 1.46. The molecular weight excluding hydrogens is 394 g/mol. The molecule has 2 heterocycles. The van der Waals surface area contributed by atoms with Gasteiger partial charge in [0.1, 0.15) is 0 Å². The van der Waals surface area contributed by atoms with Crippen molar-refractivity contribution >= 4 is 28.5 Å². The van der Waals surface area contributed by atoms with Crippen LogP contribution in [-0.4, -0.2) is 32.8 Å². The largest absolute Gasteiger partial charge is 0.441 e. The molecule has 0 spiro atoms. The highest BCUT2D eigenvalue weighted by atomic mass is 32.2. The van der Waals surface area contributed by atoms with Crippen LogP contribution >= 0.6 is 11.8 Å². The molecule has 0 N–H and O–H groups in total. The molecular formula is C24H25N3O2S. The van der Waals surface area contributed by atoms with Crippen molar-refractivity contribution in [2.24, 2.45) is 4.99 Å². The summed E-state index contributed by atoms with van der Waals surface area (Å²) in [5.74, 6) is 2.25. The Morgan fingerprint density at radius 1 is 1.23 bits per heavy atom. The molecule has 1 atom stereocenters. The first-order valence-electron chi connectivity index (χ1n) is 10.2. The van der Waals surface area contributed by atoms with Crippen molar-refractivity contribution in [1.29, 1.82) is 0 Å². The first-order chi connectivity index (χ1) is 14.6. The second kappa shape index (κ2) is 9.30. The van der Waals surface area contributed by atoms with Crippen LogP contribution in [0.4, 0.5) is 5.69 Å². The number of hydrogen-bond donors (Lipinski definition) is 0. The number of nitrogens with zero attached hydrogens (tertiary/aromatic N) is 3. The van der Waals surface area contributed by atoms with Gasteiger partial charge in [0, 0.05) is 30.2 Å². The lowest BCUT2D eigenvalue weighted by atomic mass is 10.2. The molecule has 1 aliphatic rings. The zero-order valence-corrected chi connectivity index (χ0v) is 18.1. The summed E-state index contributed by atoms with van der Waals surface area (Å²) in [4.78, 5) is 24.1. The molecule has 1 aromatic heterocycles. The van der Waals surface area contributed by atoms with Crippen molar-refractivity contribution in [2.75, 3.05) is 5.75 Å². The Kier molecular flexibility index (Phi) is 6.33. The number of oxazole rings is 1. The second-order valence-electron chi connectivity index (χ2n) is 7.35. The van der Waals surface area contributed by atoms with Crippen LogP contribution in [0.5, 0.6) is 0 Å². The number of benzene rings is 2. The van der Waals surface area contributed by atoms with Gasteiger partial charge in [0.2, 0.25) is 5.91 Å². The lowest BCUT2D eigenvalue weighted by molar-refractivity contribution is -0.128. The highest BCUT2D eigenvalue weighted by Gasteiger charge is 2.33. The van der Waals surface area contributed by atoms with Crippen molar-refractivity contribution in [1.82, 2.24) is 9.88 Å². The molecule has 6 heteroatoms. The van der Waals surface area contributed by atoms with Crippen LogP contribution in [-0.2, 0) is 11.2 Å². The summed E-state index contributed by atoms with van der Waals surface area (Å²) in [7, 11) is 0. The van der Waals surface area contributed by atoms with E-state index >= 15 is 0 Å². The molecule has 154 valence electrons. The Hall–Kier alpha value is -2.86. The minimum absolute atomic E-state index is 0.0673. The maximum absolute atomic E-state index is 13.1. The minimum Gasteiger partial charge on any atom is -0.441 e. The zero-order valence-electron chi connectivity index (χ0n) is 17.2. The molecule has 0 radical (unpaired) electrons. The molecule has 0 saturated carbocycles. The number of thioether (sulfide) groups is 1. The number of aliphatic imine (C=N–C) groups is 1. The number of hydrogen-bond acceptors (Lipinski definition) is 5. The van der Waals surface area contributed by atoms with Gasteiger partial charge in [0.25, 0.3) is 0 Å². The van der Waals surface area contributed by atoms with E-state index in [2.05, 4.69) is 11.9 Å². The van der Waals surface area contributed by atoms with E-state index in [0.29, 0.717) is 18.7 Å². The summed E-state index contributed by atoms with van der Waals surface area (Å²) >= 11 is 1.65. The Bertz CT molecular complexity index is 1050. The Morgan fingerprint density at radius 2 is 2.07 bits per heavy atom. The molecule has 2 aromatic carbocycles. The molecule has 3 aromatic rings. The molecule has 4 rings (SSSR count). The van der Waals surface area contributed by atoms with Crippen LogP contribution in [0.3, 0.4) is 0 Å². The second-order valence-corrected chi connectivity index (χ2v) is 8.34. The van der Waals surface area contributed by atoms with Gasteiger partial charge in [-0.1, -0.05) is 61.2 Å². The van der Waals surface area contributed by atoms with Gasteiger partial charge < -0.3 is 4.42 Å². The third-order valence-electron chi connectivity index (χ3n) is 5.11. The summed E-state index contributed by atoms with van der Waals surface area (Å²) in [5, 5.41) is 0.787. The summed E-state index contributed by atoms with van der Waals surface area (Å²) < 4.78 is 5.85. The number of aryl methyl sites for hydroxylation is 2. The van der Waals surface area contributed by atoms with Crippen molar-refractivity contribution in [2.45, 2.75) is 39.2 Å². The quantitative estimate of drug-likeness (QED) is 0.520. The van der Waals surface area contributed by atoms with E-state index < -0.39 is 0 Å². The van der Waals surface area contributed by atoms with E-state index in [1.807, 2.05) is 66.4 Å². The van der Waals surface area contributed by atoms with Gasteiger partial charge in [-0.2, -0.15) is 0 Å². The zero-order chi connectivity index (χ0) is 20.9. The van der Waals surface area contributed by atoms with Gasteiger partial charge in [0.15, 0.2) is 16.8 Å². The Morgan fingerprint density at radius 3 is 2.83 bits per heavy atom. The predicted molar refractivity (Wildman–Crippen MR) is 122 cm³/mol. The van der Waals surface area contributed by atoms with Gasteiger partial charge in [-0.05, 0) is 31.0 Å². The van der Waals surface area contributed by atoms with E-state index in [9.17, 15) is 4.79 Å². The summed E-state index contributed by atoms with van der Waals surface area (Å²) in [6.45, 7) is 4.16. The summed E-state index contributed by atoms with van der Waals surface area (Å²) in [6.07, 6.45) is 3.45. The maximum Gasteiger partial charge on any atom is 0.229 e. The van der Waals surface area contributed by atoms with Crippen LogP contribution in [0.25, 0.3) is 11.3 Å². The van der Waals surface area contributed by atoms with Crippen LogP contribution in [0, 0.1) is 6.92 Å². The third-order valence-corrected chi connectivity index (χ3v) is 6.20. The van der Waals surface area contributed by atoms with E-state index in [4.69, 9.17) is 9.41 Å². The van der Waals surface area contributed by atoms with Crippen LogP contribution < -0.4 is 0 Å². The lowest BCUT2D eigenvalue weighted by Crippen LogP contribution is -2.39. The number of amidine groups is 1. The molecule has 1 saturated heterocycles. The van der Waals surface area contributed by atoms with Crippen molar-refractivity contribution in [3.05, 3.63) is 72.2 Å². The molecule has 1 aliphatic heterocycles. The first-order valence-corrected chi connectivity index (χ1v) is 11.2. The van der Waals surface area contributed by atoms with Gasteiger partial charge in [-0.25, -0.2) is 9.98 Å². The van der Waals surface area contributed by atoms with Gasteiger partial charge in [-0.3, -0.25) is 9.69 Å². The van der Waals surface area contributed by atoms with E-state index in [-0.39, 0.29) is 11.9 Å². The molecule has 0 bridgehead atoms. The SMILES string of the molecule is CCC1CSC(=Nc2cccc(C)c2)N1C(=O)CCc1ncc(-c2ccccc2)o1. The summed E-state index contributed by atoms with van der Waals surface area (Å²) in [6, 6.07) is 18.1. The van der Waals surface area contributed by atoms with Crippen LogP contribution in [0.1, 0.15) is 31.2 Å². The van der Waals surface area contributed by atoms with Crippen molar-refractivity contribution < 1.29 is 9.21 Å². The molecule has 1 amide bonds. The van der Waals surface area contributed by atoms with Crippen molar-refractivity contribution in [3.8, 4) is 11.3 Å². The topological polar surface area (TPSA) is 58.7 Å². The van der Waals surface area contributed by atoms with E-state index in [1.54, 1.807) is 18.0 Å². The molecule has 1 unspecified atom stereocenters. The lowest BCUT2D eigenvalue weighted by Gasteiger charge is -2.23. The third kappa shape index (κ3) is 4.65. The normalized spacial score (nSPS) is 17.6. The highest BCUT2D eigenvalue weighted by molar-refractivity contribution is 8.14. The molecule has 30 heavy (non-hydrogen) atoms. The standard InChI is InChI=1S/C24H25N3O2S/c1-3-20-16-30-24(26-19-11-7-8-17(2)14-19)27(20)23(28)13-12-22-25-15-21(29-22)18-9-5-4-6-10-18/h4-11,14-15,20H,3,12-13,16H2,1-2H3. The number of amides is 1. The Labute approximate surface area is 181 Å². The van der Waals surface area contributed by atoms with Crippen LogP contribution in [0.2, 0.25) is 0 Å². The highest BCUT2D eigenvalue weighted by Crippen LogP contribution is 2.30. The van der Waals surface area contributed by atoms with E-state index in [0.717, 1.165) is 39.9 Å². The fourth-order valence-electron chi connectivity index (χ4n) is 3.47. The van der Waals surface area contributed by atoms with Crippen molar-refractivity contribution in [3.63, 3.8) is 0 Å². The van der Waals surface area contributed by atoms with Crippen LogP contribution in [0.15, 0.2) is 70.2 Å². The number of rotatable bonds is 6. The molecule has 5 nitrogen and oxygen atoms in total. The monoisotopic (exact) mass is 419 g/mol. The summed E-state index contributed by atoms with van der Waals surface area (Å²) in [5.41, 5.74) is 3.02. The number of aromatic nitrogens is 1. The van der Waals surface area contributed by atoms with Gasteiger partial charge in [0.05, 0.1) is 11.9 Å². The first kappa shape index (κ1) is 20.4. The minimum atomic E-state index is 0.0673. The van der Waals surface area contributed by atoms with E-state index in [1.165, 1.54) is 0 Å². The maximum atomic E-state index is 13.1. The number of carbonyl (C=O) groups excluding carboxylic acids is 1. The average Bonchev–Trinajstić information content (AvgIpc) is 3.40. The van der Waals surface area contributed by atoms with Gasteiger partial charge >= 0.3 is 0 Å². The molecule has 0 aliphatic carbocycles. The fourth-order valence-corrected chi connectivity index (χ4v) is 4.76. The average molecular weight is 420 g/mol. The van der Waals surface area contributed by atoms with Gasteiger partial charge in [-0.15, -0.1) is 0 Å².